The third kappa shape index (κ3) is 3.48. The van der Waals surface area contributed by atoms with Gasteiger partial charge in [-0.05, 0) is 24.3 Å². The predicted octanol–water partition coefficient (Wildman–Crippen LogP) is 1.48. The summed E-state index contributed by atoms with van der Waals surface area (Å²) in [5.74, 6) is -0.618. The zero-order valence-electron chi connectivity index (χ0n) is 10.6. The molecule has 0 saturated heterocycles. The number of amidine groups is 1. The van der Waals surface area contributed by atoms with Crippen molar-refractivity contribution in [3.63, 3.8) is 0 Å². The van der Waals surface area contributed by atoms with Crippen molar-refractivity contribution in [3.05, 3.63) is 62.5 Å². The van der Waals surface area contributed by atoms with Gasteiger partial charge in [0.25, 0.3) is 5.91 Å². The van der Waals surface area contributed by atoms with E-state index in [1.807, 2.05) is 0 Å². The topological polar surface area (TPSA) is 121 Å². The number of halogens is 1. The van der Waals surface area contributed by atoms with E-state index in [0.717, 1.165) is 0 Å². The standard InChI is InChI=1S/C13H11BrN4O3/c14-8-1-2-10(9(6-8)12(15)18-21)17-13(20)7-3-4-16-11(19)5-7/h1-6,21H,(H2,15,18)(H,16,19)(H,17,20). The van der Waals surface area contributed by atoms with Gasteiger partial charge < -0.3 is 21.2 Å². The molecule has 0 atom stereocenters. The molecule has 108 valence electrons. The summed E-state index contributed by atoms with van der Waals surface area (Å²) >= 11 is 3.26. The molecule has 0 spiro atoms. The average Bonchev–Trinajstić information content (AvgIpc) is 2.48. The highest BCUT2D eigenvalue weighted by Gasteiger charge is 2.12. The molecular formula is C13H11BrN4O3. The second kappa shape index (κ2) is 6.23. The molecule has 8 heteroatoms. The number of nitrogens with zero attached hydrogens (tertiary/aromatic N) is 1. The van der Waals surface area contributed by atoms with Gasteiger partial charge in [-0.3, -0.25) is 9.59 Å². The molecule has 2 aromatic rings. The highest BCUT2D eigenvalue weighted by molar-refractivity contribution is 9.10. The number of carbonyl (C=O) groups excluding carboxylic acids is 1. The number of rotatable bonds is 3. The monoisotopic (exact) mass is 350 g/mol. The molecule has 1 heterocycles. The number of aromatic nitrogens is 1. The lowest BCUT2D eigenvalue weighted by molar-refractivity contribution is 0.102. The zero-order chi connectivity index (χ0) is 15.4. The van der Waals surface area contributed by atoms with E-state index < -0.39 is 5.91 Å². The summed E-state index contributed by atoms with van der Waals surface area (Å²) in [6, 6.07) is 7.54. The van der Waals surface area contributed by atoms with E-state index in [2.05, 4.69) is 31.4 Å². The number of aromatic amines is 1. The molecule has 2 rings (SSSR count). The van der Waals surface area contributed by atoms with Crippen LogP contribution in [0.4, 0.5) is 5.69 Å². The van der Waals surface area contributed by atoms with Gasteiger partial charge in [0, 0.05) is 27.9 Å². The predicted molar refractivity (Wildman–Crippen MR) is 81.7 cm³/mol. The van der Waals surface area contributed by atoms with E-state index >= 15 is 0 Å². The number of hydrogen-bond donors (Lipinski definition) is 4. The smallest absolute Gasteiger partial charge is 0.255 e. The fourth-order valence-corrected chi connectivity index (χ4v) is 2.03. The van der Waals surface area contributed by atoms with Crippen molar-refractivity contribution in [1.29, 1.82) is 0 Å². The van der Waals surface area contributed by atoms with E-state index in [0.29, 0.717) is 15.7 Å². The maximum absolute atomic E-state index is 12.1. The van der Waals surface area contributed by atoms with E-state index in [1.54, 1.807) is 18.2 Å². The minimum Gasteiger partial charge on any atom is -0.409 e. The van der Waals surface area contributed by atoms with Crippen LogP contribution in [0.2, 0.25) is 0 Å². The van der Waals surface area contributed by atoms with Crippen LogP contribution in [0.1, 0.15) is 15.9 Å². The Kier molecular flexibility index (Phi) is 4.39. The zero-order valence-corrected chi connectivity index (χ0v) is 12.2. The number of benzene rings is 1. The fraction of sp³-hybridized carbons (Fsp3) is 0. The van der Waals surface area contributed by atoms with Crippen LogP contribution >= 0.6 is 15.9 Å². The van der Waals surface area contributed by atoms with Gasteiger partial charge in [0.2, 0.25) is 5.56 Å². The third-order valence-corrected chi connectivity index (χ3v) is 3.14. The van der Waals surface area contributed by atoms with Crippen LogP contribution in [0, 0.1) is 0 Å². The van der Waals surface area contributed by atoms with Crippen LogP contribution in [-0.2, 0) is 0 Å². The quantitative estimate of drug-likeness (QED) is 0.290. The Morgan fingerprint density at radius 1 is 1.33 bits per heavy atom. The van der Waals surface area contributed by atoms with Crippen molar-refractivity contribution in [2.24, 2.45) is 10.9 Å². The summed E-state index contributed by atoms with van der Waals surface area (Å²) in [6.45, 7) is 0. The Balaban J connectivity index is 2.35. The van der Waals surface area contributed by atoms with Crippen LogP contribution in [0.5, 0.6) is 0 Å². The lowest BCUT2D eigenvalue weighted by Crippen LogP contribution is -2.20. The molecule has 1 aromatic heterocycles. The number of oxime groups is 1. The maximum Gasteiger partial charge on any atom is 0.255 e. The number of H-pyrrole nitrogens is 1. The number of amides is 1. The summed E-state index contributed by atoms with van der Waals surface area (Å²) in [5, 5.41) is 14.3. The Bertz CT molecular complexity index is 770. The van der Waals surface area contributed by atoms with Crippen LogP contribution in [0.3, 0.4) is 0 Å². The van der Waals surface area contributed by atoms with Crippen LogP contribution in [0.15, 0.2) is 51.0 Å². The van der Waals surface area contributed by atoms with Crippen LogP contribution in [-0.4, -0.2) is 21.9 Å². The summed E-state index contributed by atoms with van der Waals surface area (Å²) in [5.41, 5.74) is 6.11. The van der Waals surface area contributed by atoms with Gasteiger partial charge in [-0.25, -0.2) is 0 Å². The van der Waals surface area contributed by atoms with Crippen LogP contribution in [0.25, 0.3) is 0 Å². The van der Waals surface area contributed by atoms with Crippen molar-refractivity contribution < 1.29 is 10.0 Å². The normalized spacial score (nSPS) is 11.2. The van der Waals surface area contributed by atoms with Crippen molar-refractivity contribution in [3.8, 4) is 0 Å². The minimum absolute atomic E-state index is 0.141. The molecule has 0 radical (unpaired) electrons. The van der Waals surface area contributed by atoms with Gasteiger partial charge in [-0.15, -0.1) is 0 Å². The minimum atomic E-state index is -0.476. The number of carbonyl (C=O) groups is 1. The fourth-order valence-electron chi connectivity index (χ4n) is 1.67. The molecule has 0 unspecified atom stereocenters. The summed E-state index contributed by atoms with van der Waals surface area (Å²) in [4.78, 5) is 25.7. The van der Waals surface area contributed by atoms with Crippen molar-refractivity contribution in [2.75, 3.05) is 5.32 Å². The van der Waals surface area contributed by atoms with Crippen molar-refractivity contribution >= 4 is 33.4 Å². The molecule has 0 aliphatic rings. The summed E-state index contributed by atoms with van der Waals surface area (Å²) in [7, 11) is 0. The first kappa shape index (κ1) is 14.8. The first-order chi connectivity index (χ1) is 10.0. The maximum atomic E-state index is 12.1. The Morgan fingerprint density at radius 3 is 2.76 bits per heavy atom. The summed E-state index contributed by atoms with van der Waals surface area (Å²) < 4.78 is 0.707. The van der Waals surface area contributed by atoms with Gasteiger partial charge in [0.15, 0.2) is 5.84 Å². The van der Waals surface area contributed by atoms with Gasteiger partial charge in [0.1, 0.15) is 0 Å². The van der Waals surface area contributed by atoms with Gasteiger partial charge in [-0.1, -0.05) is 21.1 Å². The number of anilines is 1. The molecule has 0 saturated carbocycles. The molecule has 7 nitrogen and oxygen atoms in total. The lowest BCUT2D eigenvalue weighted by Gasteiger charge is -2.10. The molecule has 0 fully saturated rings. The molecular weight excluding hydrogens is 340 g/mol. The molecule has 0 bridgehead atoms. The van der Waals surface area contributed by atoms with Crippen LogP contribution < -0.4 is 16.6 Å². The Labute approximate surface area is 127 Å². The first-order valence-corrected chi connectivity index (χ1v) is 6.58. The summed E-state index contributed by atoms with van der Waals surface area (Å²) in [6.07, 6.45) is 1.38. The molecule has 0 aliphatic heterocycles. The van der Waals surface area contributed by atoms with Gasteiger partial charge in [-0.2, -0.15) is 0 Å². The largest absolute Gasteiger partial charge is 0.409 e. The number of nitrogens with one attached hydrogen (secondary N) is 2. The number of nitrogens with two attached hydrogens (primary N) is 1. The lowest BCUT2D eigenvalue weighted by atomic mass is 10.1. The SMILES string of the molecule is N/C(=N/O)c1cc(Br)ccc1NC(=O)c1cc[nH]c(=O)c1. The van der Waals surface area contributed by atoms with Gasteiger partial charge in [0.05, 0.1) is 5.69 Å². The van der Waals surface area contributed by atoms with Gasteiger partial charge >= 0.3 is 0 Å². The number of hydrogen-bond acceptors (Lipinski definition) is 4. The molecule has 0 aliphatic carbocycles. The number of pyridine rings is 1. The Hall–Kier alpha value is -2.61. The second-order valence-corrected chi connectivity index (χ2v) is 4.99. The van der Waals surface area contributed by atoms with Crippen molar-refractivity contribution in [1.82, 2.24) is 4.98 Å². The van der Waals surface area contributed by atoms with E-state index in [9.17, 15) is 9.59 Å². The van der Waals surface area contributed by atoms with Crippen molar-refractivity contribution in [2.45, 2.75) is 0 Å². The average molecular weight is 351 g/mol. The third-order valence-electron chi connectivity index (χ3n) is 2.65. The van der Waals surface area contributed by atoms with E-state index in [-0.39, 0.29) is 17.0 Å². The molecule has 1 aromatic carbocycles. The molecule has 5 N–H and O–H groups in total. The second-order valence-electron chi connectivity index (χ2n) is 4.07. The highest BCUT2D eigenvalue weighted by Crippen LogP contribution is 2.21. The van der Waals surface area contributed by atoms with E-state index in [1.165, 1.54) is 18.3 Å². The Morgan fingerprint density at radius 2 is 2.10 bits per heavy atom. The first-order valence-electron chi connectivity index (χ1n) is 5.79. The molecule has 1 amide bonds. The van der Waals surface area contributed by atoms with E-state index in [4.69, 9.17) is 10.9 Å². The molecule has 21 heavy (non-hydrogen) atoms. The highest BCUT2D eigenvalue weighted by atomic mass is 79.9.